The van der Waals surface area contributed by atoms with Crippen LogP contribution in [0.15, 0.2) is 42.7 Å². The predicted molar refractivity (Wildman–Crippen MR) is 138 cm³/mol. The molecular formula is C26H25FN4O4S. The Kier molecular flexibility index (Phi) is 7.44. The number of carboxylic acid groups (broad SMARTS) is 1. The molecule has 1 amide bonds. The van der Waals surface area contributed by atoms with E-state index in [1.54, 1.807) is 54.7 Å². The summed E-state index contributed by atoms with van der Waals surface area (Å²) in [5, 5.41) is 15.4. The minimum atomic E-state index is -1.58. The first-order valence-electron chi connectivity index (χ1n) is 11.3. The third-order valence-electron chi connectivity index (χ3n) is 5.61. The Morgan fingerprint density at radius 1 is 1.14 bits per heavy atom. The highest BCUT2D eigenvalue weighted by Gasteiger charge is 2.16. The number of aliphatic carboxylic acids is 1. The molecule has 0 saturated carbocycles. The number of hydrogen-bond donors (Lipinski definition) is 3. The van der Waals surface area contributed by atoms with Gasteiger partial charge in [-0.15, -0.1) is 11.3 Å². The average Bonchev–Trinajstić information content (AvgIpc) is 3.16. The number of benzene rings is 2. The molecule has 4 rings (SSSR count). The van der Waals surface area contributed by atoms with E-state index in [4.69, 9.17) is 9.84 Å². The van der Waals surface area contributed by atoms with E-state index in [1.165, 1.54) is 11.2 Å². The van der Waals surface area contributed by atoms with E-state index in [-0.39, 0.29) is 11.5 Å². The van der Waals surface area contributed by atoms with Crippen molar-refractivity contribution in [1.29, 1.82) is 0 Å². The highest BCUT2D eigenvalue weighted by Crippen LogP contribution is 2.34. The van der Waals surface area contributed by atoms with Crippen LogP contribution in [0, 0.1) is 19.7 Å². The van der Waals surface area contributed by atoms with Crippen molar-refractivity contribution >= 4 is 44.8 Å². The summed E-state index contributed by atoms with van der Waals surface area (Å²) in [7, 11) is 0. The van der Waals surface area contributed by atoms with Crippen molar-refractivity contribution in [3.8, 4) is 17.0 Å². The van der Waals surface area contributed by atoms with E-state index in [1.807, 2.05) is 6.92 Å². The van der Waals surface area contributed by atoms with Gasteiger partial charge in [0.15, 0.2) is 0 Å². The van der Waals surface area contributed by atoms with Gasteiger partial charge in [0.05, 0.1) is 18.0 Å². The van der Waals surface area contributed by atoms with Crippen molar-refractivity contribution < 1.29 is 23.8 Å². The lowest BCUT2D eigenvalue weighted by Gasteiger charge is -2.13. The Morgan fingerprint density at radius 3 is 2.69 bits per heavy atom. The van der Waals surface area contributed by atoms with Crippen LogP contribution >= 0.6 is 11.3 Å². The maximum Gasteiger partial charge on any atom is 0.394 e. The van der Waals surface area contributed by atoms with Crippen LogP contribution in [0.3, 0.4) is 0 Å². The second-order valence-electron chi connectivity index (χ2n) is 8.10. The first-order chi connectivity index (χ1) is 17.3. The van der Waals surface area contributed by atoms with Gasteiger partial charge in [0.25, 0.3) is 0 Å². The summed E-state index contributed by atoms with van der Waals surface area (Å²) < 4.78 is 20.7. The number of nitrogens with zero attached hydrogens (tertiary/aromatic N) is 2. The molecule has 10 heteroatoms. The van der Waals surface area contributed by atoms with E-state index in [0.29, 0.717) is 42.4 Å². The number of halogens is 1. The summed E-state index contributed by atoms with van der Waals surface area (Å²) in [5.41, 5.74) is 3.66. The van der Waals surface area contributed by atoms with Crippen LogP contribution in [-0.2, 0) is 16.0 Å². The van der Waals surface area contributed by atoms with Gasteiger partial charge in [0, 0.05) is 27.8 Å². The lowest BCUT2D eigenvalue weighted by Crippen LogP contribution is -2.22. The standard InChI is InChI=1S/C26H25FN4O4S/c1-4-35-22-10-16(5-6-20(22)31-25(32)26(33)34)21-12-23(30-13-29-21)28-8-7-18-15(3)36-24-14(2)9-17(27)11-19(18)24/h5-6,9-13H,4,7-8H2,1-3H3,(H,31,32)(H,33,34)(H,28,29,30). The van der Waals surface area contributed by atoms with E-state index < -0.39 is 11.9 Å². The van der Waals surface area contributed by atoms with Crippen LogP contribution in [0.25, 0.3) is 21.3 Å². The monoisotopic (exact) mass is 508 g/mol. The molecule has 0 unspecified atom stereocenters. The predicted octanol–water partition coefficient (Wildman–Crippen LogP) is 5.19. The fraction of sp³-hybridized carbons (Fsp3) is 0.231. The van der Waals surface area contributed by atoms with Gasteiger partial charge in [-0.25, -0.2) is 19.2 Å². The third kappa shape index (κ3) is 5.44. The fourth-order valence-corrected chi connectivity index (χ4v) is 5.12. The summed E-state index contributed by atoms with van der Waals surface area (Å²) in [6, 6.07) is 9.92. The minimum Gasteiger partial charge on any atom is -0.492 e. The van der Waals surface area contributed by atoms with Gasteiger partial charge in [0.1, 0.15) is 23.7 Å². The number of amides is 1. The molecule has 2 aromatic carbocycles. The minimum absolute atomic E-state index is 0.229. The Morgan fingerprint density at radius 2 is 1.94 bits per heavy atom. The molecule has 4 aromatic rings. The second-order valence-corrected chi connectivity index (χ2v) is 9.33. The maximum atomic E-state index is 14.0. The molecule has 2 heterocycles. The molecule has 0 spiro atoms. The quantitative estimate of drug-likeness (QED) is 0.281. The Balaban J connectivity index is 1.51. The van der Waals surface area contributed by atoms with Crippen molar-refractivity contribution in [2.45, 2.75) is 27.2 Å². The normalized spacial score (nSPS) is 10.9. The van der Waals surface area contributed by atoms with E-state index in [2.05, 4.69) is 27.5 Å². The average molecular weight is 509 g/mol. The number of anilines is 2. The van der Waals surface area contributed by atoms with Crippen LogP contribution in [0.4, 0.5) is 15.9 Å². The van der Waals surface area contributed by atoms with Gasteiger partial charge in [-0.3, -0.25) is 4.79 Å². The number of ether oxygens (including phenoxy) is 1. The van der Waals surface area contributed by atoms with Crippen LogP contribution < -0.4 is 15.4 Å². The van der Waals surface area contributed by atoms with Crippen LogP contribution in [0.2, 0.25) is 0 Å². The molecule has 0 aliphatic carbocycles. The fourth-order valence-electron chi connectivity index (χ4n) is 3.97. The number of fused-ring (bicyclic) bond motifs is 1. The van der Waals surface area contributed by atoms with Crippen molar-refractivity contribution in [3.63, 3.8) is 0 Å². The number of hydrogen-bond acceptors (Lipinski definition) is 7. The molecule has 0 fully saturated rings. The summed E-state index contributed by atoms with van der Waals surface area (Å²) in [6.45, 7) is 6.70. The second kappa shape index (κ2) is 10.7. The molecule has 186 valence electrons. The molecule has 0 saturated heterocycles. The molecule has 0 aliphatic rings. The summed E-state index contributed by atoms with van der Waals surface area (Å²) in [5.74, 6) is -2.00. The SMILES string of the molecule is CCOc1cc(-c2cc(NCCc3c(C)sc4c(C)cc(F)cc34)ncn2)ccc1NC(=O)C(=O)O. The molecule has 3 N–H and O–H groups in total. The first kappa shape index (κ1) is 25.1. The molecule has 0 bridgehead atoms. The zero-order valence-corrected chi connectivity index (χ0v) is 20.8. The summed E-state index contributed by atoms with van der Waals surface area (Å²) in [4.78, 5) is 32.2. The van der Waals surface area contributed by atoms with Gasteiger partial charge in [-0.05, 0) is 68.0 Å². The smallest absolute Gasteiger partial charge is 0.394 e. The molecule has 0 radical (unpaired) electrons. The lowest BCUT2D eigenvalue weighted by molar-refractivity contribution is -0.147. The number of rotatable bonds is 8. The third-order valence-corrected chi connectivity index (χ3v) is 6.91. The molecule has 8 nitrogen and oxygen atoms in total. The van der Waals surface area contributed by atoms with Crippen molar-refractivity contribution in [1.82, 2.24) is 9.97 Å². The molecular weight excluding hydrogens is 483 g/mol. The number of aryl methyl sites for hydroxylation is 2. The number of carbonyl (C=O) groups is 2. The van der Waals surface area contributed by atoms with Crippen molar-refractivity contribution in [2.75, 3.05) is 23.8 Å². The zero-order chi connectivity index (χ0) is 25.8. The first-order valence-corrected chi connectivity index (χ1v) is 12.1. The highest BCUT2D eigenvalue weighted by atomic mass is 32.1. The lowest BCUT2D eigenvalue weighted by atomic mass is 10.1. The number of carboxylic acids is 1. The Bertz CT molecular complexity index is 1450. The highest BCUT2D eigenvalue weighted by molar-refractivity contribution is 7.19. The number of nitrogens with one attached hydrogen (secondary N) is 2. The topological polar surface area (TPSA) is 113 Å². The Labute approximate surface area is 211 Å². The van der Waals surface area contributed by atoms with E-state index in [0.717, 1.165) is 21.2 Å². The molecule has 36 heavy (non-hydrogen) atoms. The van der Waals surface area contributed by atoms with Crippen molar-refractivity contribution in [3.05, 3.63) is 64.5 Å². The van der Waals surface area contributed by atoms with E-state index in [9.17, 15) is 14.0 Å². The van der Waals surface area contributed by atoms with Gasteiger partial charge in [0.2, 0.25) is 0 Å². The summed E-state index contributed by atoms with van der Waals surface area (Å²) >= 11 is 1.68. The number of aromatic nitrogens is 2. The molecule has 2 aromatic heterocycles. The van der Waals surface area contributed by atoms with Gasteiger partial charge >= 0.3 is 11.9 Å². The van der Waals surface area contributed by atoms with Crippen molar-refractivity contribution in [2.24, 2.45) is 0 Å². The zero-order valence-electron chi connectivity index (χ0n) is 20.0. The van der Waals surface area contributed by atoms with Crippen LogP contribution in [-0.4, -0.2) is 40.1 Å². The summed E-state index contributed by atoms with van der Waals surface area (Å²) in [6.07, 6.45) is 2.16. The van der Waals surface area contributed by atoms with Gasteiger partial charge in [-0.1, -0.05) is 6.07 Å². The van der Waals surface area contributed by atoms with Crippen LogP contribution in [0.1, 0.15) is 22.9 Å². The number of thiophene rings is 1. The largest absolute Gasteiger partial charge is 0.492 e. The number of carbonyl (C=O) groups excluding carboxylic acids is 1. The van der Waals surface area contributed by atoms with E-state index >= 15 is 0 Å². The van der Waals surface area contributed by atoms with Crippen LogP contribution in [0.5, 0.6) is 5.75 Å². The molecule has 0 aliphatic heterocycles. The molecule has 0 atom stereocenters. The van der Waals surface area contributed by atoms with Gasteiger partial charge in [-0.2, -0.15) is 0 Å². The maximum absolute atomic E-state index is 14.0. The van der Waals surface area contributed by atoms with Gasteiger partial charge < -0.3 is 20.5 Å². The Hall–Kier alpha value is -4.05.